The van der Waals surface area contributed by atoms with Crippen molar-refractivity contribution in [2.24, 2.45) is 7.05 Å². The molecule has 2 aromatic carbocycles. The number of pyridine rings is 1. The number of hydrogen-bond acceptors (Lipinski definition) is 7. The first kappa shape index (κ1) is 19.5. The van der Waals surface area contributed by atoms with Gasteiger partial charge in [-0.05, 0) is 31.2 Å². The van der Waals surface area contributed by atoms with Gasteiger partial charge in [-0.15, -0.1) is 0 Å². The van der Waals surface area contributed by atoms with Gasteiger partial charge in [-0.2, -0.15) is 0 Å². The van der Waals surface area contributed by atoms with E-state index in [1.54, 1.807) is 32.4 Å². The maximum atomic E-state index is 9.86. The van der Waals surface area contributed by atoms with Gasteiger partial charge in [-0.25, -0.2) is 9.97 Å². The number of ether oxygens (including phenoxy) is 2. The highest BCUT2D eigenvalue weighted by molar-refractivity contribution is 5.81. The summed E-state index contributed by atoms with van der Waals surface area (Å²) in [4.78, 5) is 8.65. The maximum absolute atomic E-state index is 9.86. The van der Waals surface area contributed by atoms with E-state index >= 15 is 0 Å². The van der Waals surface area contributed by atoms with Crippen LogP contribution in [0.4, 0.5) is 17.5 Å². The van der Waals surface area contributed by atoms with Crippen LogP contribution in [0.2, 0.25) is 0 Å². The van der Waals surface area contributed by atoms with E-state index in [-0.39, 0.29) is 0 Å². The summed E-state index contributed by atoms with van der Waals surface area (Å²) < 4.78 is 13.2. The monoisotopic (exact) mass is 405 g/mol. The van der Waals surface area contributed by atoms with Crippen molar-refractivity contribution >= 4 is 28.5 Å². The highest BCUT2D eigenvalue weighted by Gasteiger charge is 2.13. The van der Waals surface area contributed by atoms with Crippen molar-refractivity contribution in [3.8, 4) is 17.2 Å². The van der Waals surface area contributed by atoms with Gasteiger partial charge in [0.1, 0.15) is 23.1 Å². The van der Waals surface area contributed by atoms with Crippen molar-refractivity contribution in [2.75, 3.05) is 18.2 Å². The summed E-state index contributed by atoms with van der Waals surface area (Å²) in [7, 11) is 3.52. The number of nitrogens with zero attached hydrogens (tertiary/aromatic N) is 3. The predicted octanol–water partition coefficient (Wildman–Crippen LogP) is 4.15. The first-order valence-electron chi connectivity index (χ1n) is 9.43. The molecule has 2 aromatic heterocycles. The minimum absolute atomic E-state index is 0.398. The van der Waals surface area contributed by atoms with Crippen molar-refractivity contribution in [2.45, 2.75) is 13.0 Å². The van der Waals surface area contributed by atoms with E-state index in [2.05, 4.69) is 15.3 Å². The summed E-state index contributed by atoms with van der Waals surface area (Å²) in [5.41, 5.74) is 8.98. The van der Waals surface area contributed by atoms with Crippen LogP contribution in [0, 0.1) is 0 Å². The van der Waals surface area contributed by atoms with Gasteiger partial charge in [-0.3, -0.25) is 0 Å². The molecular weight excluding hydrogens is 382 g/mol. The van der Waals surface area contributed by atoms with Crippen LogP contribution >= 0.6 is 0 Å². The average molecular weight is 405 g/mol. The highest BCUT2D eigenvalue weighted by atomic mass is 16.5. The fourth-order valence-corrected chi connectivity index (χ4v) is 3.25. The van der Waals surface area contributed by atoms with Gasteiger partial charge in [0.05, 0.1) is 24.2 Å². The lowest BCUT2D eigenvalue weighted by atomic mass is 10.1. The quantitative estimate of drug-likeness (QED) is 0.442. The Morgan fingerprint density at radius 1 is 1.10 bits per heavy atom. The fraction of sp³-hybridized carbons (Fsp3) is 0.182. The molecule has 0 aliphatic rings. The Balaban J connectivity index is 1.62. The Morgan fingerprint density at radius 3 is 2.63 bits per heavy atom. The predicted molar refractivity (Wildman–Crippen MR) is 116 cm³/mol. The third kappa shape index (κ3) is 3.85. The Bertz CT molecular complexity index is 1200. The molecule has 30 heavy (non-hydrogen) atoms. The Labute approximate surface area is 173 Å². The molecule has 0 saturated carbocycles. The molecule has 0 aliphatic heterocycles. The standard InChI is InChI=1S/C22H23N5O3/c1-13(28)17-6-4-14(10-20(17)29-3)25-22-26-18-11-15(5-7-19(18)27(22)2)30-16-8-9-24-21(23)12-16/h4-13,28H,1-3H3,(H2,23,24)(H,25,26). The lowest BCUT2D eigenvalue weighted by Crippen LogP contribution is -2.01. The van der Waals surface area contributed by atoms with E-state index in [0.29, 0.717) is 29.0 Å². The number of hydrogen-bond donors (Lipinski definition) is 3. The van der Waals surface area contributed by atoms with Crippen LogP contribution in [-0.4, -0.2) is 26.8 Å². The van der Waals surface area contributed by atoms with E-state index in [4.69, 9.17) is 15.2 Å². The first-order valence-corrected chi connectivity index (χ1v) is 9.43. The summed E-state index contributed by atoms with van der Waals surface area (Å²) in [5.74, 6) is 2.94. The number of aromatic nitrogens is 3. The zero-order valence-corrected chi connectivity index (χ0v) is 17.0. The molecule has 0 radical (unpaired) electrons. The van der Waals surface area contributed by atoms with Gasteiger partial charge >= 0.3 is 0 Å². The number of nitrogens with one attached hydrogen (secondary N) is 1. The van der Waals surface area contributed by atoms with Crippen LogP contribution in [0.3, 0.4) is 0 Å². The fourth-order valence-electron chi connectivity index (χ4n) is 3.25. The minimum Gasteiger partial charge on any atom is -0.496 e. The number of nitrogen functional groups attached to an aromatic ring is 1. The van der Waals surface area contributed by atoms with E-state index < -0.39 is 6.10 Å². The molecule has 4 rings (SSSR count). The molecular formula is C22H23N5O3. The third-order valence-corrected chi connectivity index (χ3v) is 4.78. The van der Waals surface area contributed by atoms with Gasteiger partial charge in [-0.1, -0.05) is 6.07 Å². The normalized spacial score (nSPS) is 12.0. The largest absolute Gasteiger partial charge is 0.496 e. The van der Waals surface area contributed by atoms with Crippen LogP contribution < -0.4 is 20.5 Å². The van der Waals surface area contributed by atoms with Gasteiger partial charge in [0.15, 0.2) is 0 Å². The Kier molecular flexibility index (Phi) is 5.16. The molecule has 1 unspecified atom stereocenters. The number of fused-ring (bicyclic) bond motifs is 1. The van der Waals surface area contributed by atoms with Crippen molar-refractivity contribution in [1.29, 1.82) is 0 Å². The molecule has 0 aliphatic carbocycles. The second-order valence-electron chi connectivity index (χ2n) is 6.92. The van der Waals surface area contributed by atoms with E-state index in [9.17, 15) is 5.11 Å². The highest BCUT2D eigenvalue weighted by Crippen LogP contribution is 2.31. The molecule has 0 saturated heterocycles. The number of nitrogens with two attached hydrogens (primary N) is 1. The summed E-state index contributed by atoms with van der Waals surface area (Å²) in [6, 6.07) is 14.7. The number of benzene rings is 2. The van der Waals surface area contributed by atoms with E-state index in [1.165, 1.54) is 0 Å². The summed E-state index contributed by atoms with van der Waals surface area (Å²) in [6.45, 7) is 1.70. The van der Waals surface area contributed by atoms with Crippen LogP contribution in [0.15, 0.2) is 54.7 Å². The molecule has 8 nitrogen and oxygen atoms in total. The lowest BCUT2D eigenvalue weighted by Gasteiger charge is -2.13. The summed E-state index contributed by atoms with van der Waals surface area (Å²) in [6.07, 6.45) is 0.988. The number of aliphatic hydroxyl groups is 1. The van der Waals surface area contributed by atoms with Crippen molar-refractivity contribution in [3.63, 3.8) is 0 Å². The van der Waals surface area contributed by atoms with Crippen LogP contribution in [0.1, 0.15) is 18.6 Å². The molecule has 0 spiro atoms. The molecule has 8 heteroatoms. The molecule has 0 bridgehead atoms. The number of rotatable bonds is 6. The third-order valence-electron chi connectivity index (χ3n) is 4.78. The lowest BCUT2D eigenvalue weighted by molar-refractivity contribution is 0.194. The number of aryl methyl sites for hydroxylation is 1. The van der Waals surface area contributed by atoms with Crippen molar-refractivity contribution in [1.82, 2.24) is 14.5 Å². The van der Waals surface area contributed by atoms with Crippen molar-refractivity contribution in [3.05, 3.63) is 60.3 Å². The molecule has 154 valence electrons. The van der Waals surface area contributed by atoms with Gasteiger partial charge in [0.2, 0.25) is 5.95 Å². The van der Waals surface area contributed by atoms with Crippen molar-refractivity contribution < 1.29 is 14.6 Å². The van der Waals surface area contributed by atoms with Gasteiger partial charge in [0.25, 0.3) is 0 Å². The number of imidazole rings is 1. The second-order valence-corrected chi connectivity index (χ2v) is 6.92. The van der Waals surface area contributed by atoms with Crippen LogP contribution in [0.5, 0.6) is 17.2 Å². The van der Waals surface area contributed by atoms with E-state index in [1.807, 2.05) is 48.0 Å². The zero-order valence-electron chi connectivity index (χ0n) is 17.0. The van der Waals surface area contributed by atoms with Gasteiger partial charge in [0, 0.05) is 42.7 Å². The Morgan fingerprint density at radius 2 is 1.90 bits per heavy atom. The Hall–Kier alpha value is -3.78. The van der Waals surface area contributed by atoms with E-state index in [0.717, 1.165) is 22.3 Å². The first-order chi connectivity index (χ1) is 14.4. The van der Waals surface area contributed by atoms with Crippen LogP contribution in [-0.2, 0) is 7.05 Å². The number of anilines is 3. The number of aliphatic hydroxyl groups excluding tert-OH is 1. The molecule has 4 N–H and O–H groups in total. The average Bonchev–Trinajstić information content (AvgIpc) is 3.02. The molecule has 2 heterocycles. The van der Waals surface area contributed by atoms with Crippen LogP contribution in [0.25, 0.3) is 11.0 Å². The minimum atomic E-state index is -0.612. The second kappa shape index (κ2) is 7.92. The molecule has 0 fully saturated rings. The zero-order chi connectivity index (χ0) is 21.3. The summed E-state index contributed by atoms with van der Waals surface area (Å²) in [5, 5.41) is 13.2. The molecule has 1 atom stereocenters. The summed E-state index contributed by atoms with van der Waals surface area (Å²) >= 11 is 0. The maximum Gasteiger partial charge on any atom is 0.208 e. The van der Waals surface area contributed by atoms with Gasteiger partial charge < -0.3 is 30.2 Å². The molecule has 0 amide bonds. The molecule has 4 aromatic rings. The topological polar surface area (TPSA) is 107 Å². The number of methoxy groups -OCH3 is 1. The SMILES string of the molecule is COc1cc(Nc2nc3cc(Oc4ccnc(N)c4)ccc3n2C)ccc1C(C)O. The smallest absolute Gasteiger partial charge is 0.208 e.